The van der Waals surface area contributed by atoms with Gasteiger partial charge in [0.1, 0.15) is 6.04 Å². The zero-order valence-electron chi connectivity index (χ0n) is 12.2. The number of hydrogen-bond acceptors (Lipinski definition) is 3. The predicted octanol–water partition coefficient (Wildman–Crippen LogP) is 1.31. The van der Waals surface area contributed by atoms with Crippen LogP contribution in [0.3, 0.4) is 0 Å². The Kier molecular flexibility index (Phi) is 4.27. The number of benzene rings is 1. The van der Waals surface area contributed by atoms with Gasteiger partial charge in [-0.25, -0.2) is 0 Å². The molecule has 0 unspecified atom stereocenters. The Hall–Kier alpha value is -2.04. The number of anilines is 1. The van der Waals surface area contributed by atoms with E-state index in [2.05, 4.69) is 5.32 Å². The van der Waals surface area contributed by atoms with Crippen LogP contribution in [0.15, 0.2) is 24.3 Å². The van der Waals surface area contributed by atoms with Gasteiger partial charge in [0.25, 0.3) is 0 Å². The minimum absolute atomic E-state index is 0.0245. The average Bonchev–Trinajstić information content (AvgIpc) is 2.73. The number of nitrogens with zero attached hydrogens (tertiary/aromatic N) is 2. The summed E-state index contributed by atoms with van der Waals surface area (Å²) in [5.74, 6) is 0.149. The molecule has 5 nitrogen and oxygen atoms in total. The molecule has 1 aromatic rings. The average molecular weight is 275 g/mol. The molecule has 1 saturated heterocycles. The van der Waals surface area contributed by atoms with Crippen molar-refractivity contribution in [2.75, 3.05) is 26.0 Å². The molecule has 0 spiro atoms. The van der Waals surface area contributed by atoms with Crippen molar-refractivity contribution >= 4 is 17.5 Å². The zero-order valence-corrected chi connectivity index (χ0v) is 12.2. The van der Waals surface area contributed by atoms with Gasteiger partial charge in [0.05, 0.1) is 0 Å². The fraction of sp³-hybridized carbons (Fsp3) is 0.467. The van der Waals surface area contributed by atoms with Crippen molar-refractivity contribution in [1.29, 1.82) is 0 Å². The molecular formula is C15H21N3O2. The van der Waals surface area contributed by atoms with Gasteiger partial charge in [-0.2, -0.15) is 0 Å². The van der Waals surface area contributed by atoms with Crippen LogP contribution >= 0.6 is 0 Å². The Morgan fingerprint density at radius 1 is 1.45 bits per heavy atom. The summed E-state index contributed by atoms with van der Waals surface area (Å²) >= 11 is 0. The van der Waals surface area contributed by atoms with Gasteiger partial charge in [0, 0.05) is 39.8 Å². The van der Waals surface area contributed by atoms with E-state index >= 15 is 0 Å². The number of hydrogen-bond donors (Lipinski definition) is 1. The first-order valence-corrected chi connectivity index (χ1v) is 6.80. The molecule has 0 aliphatic carbocycles. The molecule has 1 aliphatic heterocycles. The summed E-state index contributed by atoms with van der Waals surface area (Å²) in [6, 6.07) is 7.64. The quantitative estimate of drug-likeness (QED) is 0.901. The number of carbonyl (C=O) groups excluding carboxylic acids is 2. The van der Waals surface area contributed by atoms with Gasteiger partial charge in [-0.05, 0) is 18.1 Å². The predicted molar refractivity (Wildman–Crippen MR) is 78.3 cm³/mol. The van der Waals surface area contributed by atoms with Crippen LogP contribution in [-0.4, -0.2) is 48.3 Å². The molecule has 0 radical (unpaired) electrons. The molecule has 20 heavy (non-hydrogen) atoms. The Morgan fingerprint density at radius 2 is 2.15 bits per heavy atom. The molecule has 1 N–H and O–H groups in total. The van der Waals surface area contributed by atoms with Gasteiger partial charge in [0.15, 0.2) is 0 Å². The highest BCUT2D eigenvalue weighted by Crippen LogP contribution is 2.21. The zero-order chi connectivity index (χ0) is 14.7. The third kappa shape index (κ3) is 3.10. The Labute approximate surface area is 119 Å². The summed E-state index contributed by atoms with van der Waals surface area (Å²) in [5.41, 5.74) is 1.95. The van der Waals surface area contributed by atoms with Crippen LogP contribution in [0.4, 0.5) is 5.69 Å². The van der Waals surface area contributed by atoms with Crippen LogP contribution in [0.5, 0.6) is 0 Å². The smallest absolute Gasteiger partial charge is 0.244 e. The minimum atomic E-state index is -0.163. The lowest BCUT2D eigenvalue weighted by Crippen LogP contribution is -2.31. The fourth-order valence-electron chi connectivity index (χ4n) is 2.31. The van der Waals surface area contributed by atoms with Gasteiger partial charge in [-0.15, -0.1) is 0 Å². The first kappa shape index (κ1) is 14.4. The first-order valence-electron chi connectivity index (χ1n) is 6.80. The second-order valence-corrected chi connectivity index (χ2v) is 5.28. The van der Waals surface area contributed by atoms with E-state index < -0.39 is 0 Å². The third-order valence-electron chi connectivity index (χ3n) is 3.72. The summed E-state index contributed by atoms with van der Waals surface area (Å²) in [6.45, 7) is 2.87. The minimum Gasteiger partial charge on any atom is -0.373 e. The molecule has 1 aliphatic rings. The highest BCUT2D eigenvalue weighted by molar-refractivity contribution is 5.86. The van der Waals surface area contributed by atoms with Crippen molar-refractivity contribution in [1.82, 2.24) is 9.80 Å². The third-order valence-corrected chi connectivity index (χ3v) is 3.72. The van der Waals surface area contributed by atoms with Crippen molar-refractivity contribution in [3.63, 3.8) is 0 Å². The maximum atomic E-state index is 12.0. The lowest BCUT2D eigenvalue weighted by molar-refractivity contribution is -0.128. The highest BCUT2D eigenvalue weighted by atomic mass is 16.2. The van der Waals surface area contributed by atoms with Gasteiger partial charge in [-0.1, -0.05) is 18.2 Å². The van der Waals surface area contributed by atoms with Crippen LogP contribution in [0, 0.1) is 0 Å². The van der Waals surface area contributed by atoms with Crippen molar-refractivity contribution in [2.45, 2.75) is 25.9 Å². The number of carbonyl (C=O) groups is 2. The topological polar surface area (TPSA) is 52.7 Å². The van der Waals surface area contributed by atoms with Gasteiger partial charge in [0.2, 0.25) is 11.8 Å². The van der Waals surface area contributed by atoms with Crippen molar-refractivity contribution in [3.8, 4) is 0 Å². The number of para-hydroxylation sites is 1. The van der Waals surface area contributed by atoms with E-state index in [-0.39, 0.29) is 17.9 Å². The molecule has 2 amide bonds. The van der Waals surface area contributed by atoms with E-state index in [1.54, 1.807) is 23.8 Å². The Bertz CT molecular complexity index is 516. The maximum absolute atomic E-state index is 12.0. The summed E-state index contributed by atoms with van der Waals surface area (Å²) in [7, 11) is 3.59. The van der Waals surface area contributed by atoms with E-state index in [9.17, 15) is 9.59 Å². The molecular weight excluding hydrogens is 254 g/mol. The standard InChI is InChI=1S/C15H21N3O2/c1-11(19)18(3)10-12-6-4-5-7-13(12)16-14-8-9-17(2)15(14)20/h4-7,14,16H,8-10H2,1-3H3/t14-/m0/s1. The molecule has 0 bridgehead atoms. The number of rotatable bonds is 4. The van der Waals surface area contributed by atoms with Crippen LogP contribution < -0.4 is 5.32 Å². The lowest BCUT2D eigenvalue weighted by atomic mass is 10.1. The monoisotopic (exact) mass is 275 g/mol. The summed E-state index contributed by atoms with van der Waals surface area (Å²) in [4.78, 5) is 26.7. The van der Waals surface area contributed by atoms with E-state index in [0.29, 0.717) is 6.54 Å². The fourth-order valence-corrected chi connectivity index (χ4v) is 2.31. The van der Waals surface area contributed by atoms with E-state index in [1.807, 2.05) is 31.3 Å². The van der Waals surface area contributed by atoms with Gasteiger partial charge < -0.3 is 15.1 Å². The van der Waals surface area contributed by atoms with Crippen LogP contribution in [0.1, 0.15) is 18.9 Å². The van der Waals surface area contributed by atoms with E-state index in [0.717, 1.165) is 24.2 Å². The Balaban J connectivity index is 2.12. The molecule has 1 heterocycles. The first-order chi connectivity index (χ1) is 9.49. The van der Waals surface area contributed by atoms with Crippen molar-refractivity contribution in [3.05, 3.63) is 29.8 Å². The molecule has 1 aromatic carbocycles. The van der Waals surface area contributed by atoms with E-state index in [4.69, 9.17) is 0 Å². The second kappa shape index (κ2) is 5.94. The lowest BCUT2D eigenvalue weighted by Gasteiger charge is -2.20. The van der Waals surface area contributed by atoms with Crippen LogP contribution in [-0.2, 0) is 16.1 Å². The summed E-state index contributed by atoms with van der Waals surface area (Å²) < 4.78 is 0. The largest absolute Gasteiger partial charge is 0.373 e. The SMILES string of the molecule is CC(=O)N(C)Cc1ccccc1N[C@H]1CCN(C)C1=O. The molecule has 0 saturated carbocycles. The highest BCUT2D eigenvalue weighted by Gasteiger charge is 2.29. The van der Waals surface area contributed by atoms with Crippen molar-refractivity contribution < 1.29 is 9.59 Å². The number of likely N-dealkylation sites (N-methyl/N-ethyl adjacent to an activating group) is 1. The number of likely N-dealkylation sites (tertiary alicyclic amines) is 1. The normalized spacial score (nSPS) is 18.2. The van der Waals surface area contributed by atoms with Crippen LogP contribution in [0.25, 0.3) is 0 Å². The number of amides is 2. The summed E-state index contributed by atoms with van der Waals surface area (Å²) in [6.07, 6.45) is 0.812. The van der Waals surface area contributed by atoms with E-state index in [1.165, 1.54) is 0 Å². The van der Waals surface area contributed by atoms with Crippen LogP contribution in [0.2, 0.25) is 0 Å². The van der Waals surface area contributed by atoms with Gasteiger partial charge >= 0.3 is 0 Å². The van der Waals surface area contributed by atoms with Gasteiger partial charge in [-0.3, -0.25) is 9.59 Å². The summed E-state index contributed by atoms with van der Waals surface area (Å²) in [5, 5.41) is 3.30. The Morgan fingerprint density at radius 3 is 2.75 bits per heavy atom. The second-order valence-electron chi connectivity index (χ2n) is 5.28. The molecule has 1 fully saturated rings. The van der Waals surface area contributed by atoms with Crippen molar-refractivity contribution in [2.24, 2.45) is 0 Å². The molecule has 108 valence electrons. The molecule has 5 heteroatoms. The molecule has 2 rings (SSSR count). The number of nitrogens with one attached hydrogen (secondary N) is 1. The maximum Gasteiger partial charge on any atom is 0.244 e. The molecule has 0 aromatic heterocycles. The molecule has 1 atom stereocenters.